The van der Waals surface area contributed by atoms with Crippen LogP contribution < -0.4 is 11.3 Å². The molecular formula is C9H9N7OS2. The quantitative estimate of drug-likeness (QED) is 0.686. The van der Waals surface area contributed by atoms with Crippen molar-refractivity contribution in [1.82, 2.24) is 29.4 Å². The molecule has 2 N–H and O–H groups in total. The van der Waals surface area contributed by atoms with E-state index in [9.17, 15) is 4.79 Å². The van der Waals surface area contributed by atoms with Gasteiger partial charge in [0.15, 0.2) is 5.16 Å². The minimum Gasteiger partial charge on any atom is -0.368 e. The number of rotatable bonds is 3. The normalized spacial score (nSPS) is 11.2. The minimum atomic E-state index is -0.181. The molecule has 8 nitrogen and oxygen atoms in total. The van der Waals surface area contributed by atoms with Crippen molar-refractivity contribution in [2.75, 3.05) is 5.73 Å². The van der Waals surface area contributed by atoms with Crippen LogP contribution in [0.25, 0.3) is 4.96 Å². The molecule has 0 amide bonds. The summed E-state index contributed by atoms with van der Waals surface area (Å²) >= 11 is 2.75. The first-order chi connectivity index (χ1) is 9.15. The molecule has 0 aliphatic carbocycles. The molecule has 0 unspecified atom stereocenters. The Labute approximate surface area is 115 Å². The molecule has 0 atom stereocenters. The number of nitrogens with two attached hydrogens (primary N) is 1. The maximum Gasteiger partial charge on any atom is 0.275 e. The van der Waals surface area contributed by atoms with Crippen molar-refractivity contribution in [1.29, 1.82) is 0 Å². The molecule has 0 saturated carbocycles. The molecule has 19 heavy (non-hydrogen) atoms. The lowest BCUT2D eigenvalue weighted by molar-refractivity contribution is 0.795. The van der Waals surface area contributed by atoms with E-state index in [0.29, 0.717) is 27.5 Å². The molecule has 3 aromatic heterocycles. The first-order valence-electron chi connectivity index (χ1n) is 5.25. The standard InChI is InChI=1S/C9H9N7OS2/c1-15-7(10)13-14-9(15)18-3-5-2-6(17)16-8(12-5)19-4-11-16/h2,4H,3H2,1H3,(H2,10,13). The van der Waals surface area contributed by atoms with Crippen molar-refractivity contribution in [2.24, 2.45) is 7.05 Å². The van der Waals surface area contributed by atoms with Crippen LogP contribution in [0.4, 0.5) is 5.95 Å². The van der Waals surface area contributed by atoms with Gasteiger partial charge in [-0.3, -0.25) is 9.36 Å². The molecule has 0 radical (unpaired) electrons. The Bertz CT molecular complexity index is 789. The van der Waals surface area contributed by atoms with Gasteiger partial charge < -0.3 is 5.73 Å². The van der Waals surface area contributed by atoms with Crippen LogP contribution in [0.1, 0.15) is 5.69 Å². The van der Waals surface area contributed by atoms with E-state index < -0.39 is 0 Å². The average Bonchev–Trinajstić information content (AvgIpc) is 2.97. The maximum atomic E-state index is 11.7. The van der Waals surface area contributed by atoms with Crippen molar-refractivity contribution in [3.05, 3.63) is 27.6 Å². The smallest absolute Gasteiger partial charge is 0.275 e. The van der Waals surface area contributed by atoms with Gasteiger partial charge in [-0.05, 0) is 0 Å². The zero-order chi connectivity index (χ0) is 13.4. The summed E-state index contributed by atoms with van der Waals surface area (Å²) in [6.45, 7) is 0. The van der Waals surface area contributed by atoms with Gasteiger partial charge >= 0.3 is 0 Å². The van der Waals surface area contributed by atoms with Crippen molar-refractivity contribution in [2.45, 2.75) is 10.9 Å². The Morgan fingerprint density at radius 3 is 3.05 bits per heavy atom. The number of thioether (sulfide) groups is 1. The summed E-state index contributed by atoms with van der Waals surface area (Å²) in [5.74, 6) is 0.878. The number of fused-ring (bicyclic) bond motifs is 1. The van der Waals surface area contributed by atoms with Crippen molar-refractivity contribution < 1.29 is 0 Å². The molecule has 0 aromatic carbocycles. The summed E-state index contributed by atoms with van der Waals surface area (Å²) in [4.78, 5) is 16.7. The van der Waals surface area contributed by atoms with E-state index in [4.69, 9.17) is 5.73 Å². The summed E-state index contributed by atoms with van der Waals surface area (Å²) in [6, 6.07) is 1.47. The molecule has 3 heterocycles. The van der Waals surface area contributed by atoms with Crippen LogP contribution in [0.5, 0.6) is 0 Å². The lowest BCUT2D eigenvalue weighted by Crippen LogP contribution is -2.14. The Hall–Kier alpha value is -1.94. The minimum absolute atomic E-state index is 0.181. The zero-order valence-corrected chi connectivity index (χ0v) is 11.5. The molecular weight excluding hydrogens is 286 g/mol. The Morgan fingerprint density at radius 2 is 2.32 bits per heavy atom. The monoisotopic (exact) mass is 295 g/mol. The molecule has 98 valence electrons. The van der Waals surface area contributed by atoms with Gasteiger partial charge in [-0.1, -0.05) is 23.1 Å². The first-order valence-corrected chi connectivity index (χ1v) is 7.12. The van der Waals surface area contributed by atoms with Crippen LogP contribution in [0.3, 0.4) is 0 Å². The predicted octanol–water partition coefficient (Wildman–Crippen LogP) is 0.154. The van der Waals surface area contributed by atoms with E-state index in [-0.39, 0.29) is 5.56 Å². The second-order valence-electron chi connectivity index (χ2n) is 3.71. The van der Waals surface area contributed by atoms with Crippen LogP contribution in [0.2, 0.25) is 0 Å². The second-order valence-corrected chi connectivity index (χ2v) is 5.46. The SMILES string of the molecule is Cn1c(N)nnc1SCc1cc(=O)n2ncsc2n1. The van der Waals surface area contributed by atoms with E-state index in [2.05, 4.69) is 20.3 Å². The van der Waals surface area contributed by atoms with Crippen LogP contribution in [-0.2, 0) is 12.8 Å². The van der Waals surface area contributed by atoms with Crippen molar-refractivity contribution >= 4 is 34.0 Å². The van der Waals surface area contributed by atoms with Crippen LogP contribution in [0, 0.1) is 0 Å². The molecule has 0 aliphatic rings. The number of hydrogen-bond acceptors (Lipinski definition) is 8. The number of nitrogen functional groups attached to an aromatic ring is 1. The number of hydrogen-bond donors (Lipinski definition) is 1. The molecule has 10 heteroatoms. The Kier molecular flexibility index (Phi) is 2.95. The van der Waals surface area contributed by atoms with Gasteiger partial charge in [-0.15, -0.1) is 10.2 Å². The zero-order valence-electron chi connectivity index (χ0n) is 9.85. The summed E-state index contributed by atoms with van der Waals surface area (Å²) in [5.41, 5.74) is 7.68. The molecule has 0 aliphatic heterocycles. The van der Waals surface area contributed by atoms with Gasteiger partial charge in [0, 0.05) is 18.9 Å². The van der Waals surface area contributed by atoms with E-state index in [1.54, 1.807) is 17.1 Å². The third kappa shape index (κ3) is 2.19. The second kappa shape index (κ2) is 4.63. The van der Waals surface area contributed by atoms with Gasteiger partial charge in [0.05, 0.1) is 5.69 Å². The number of aromatic nitrogens is 6. The molecule has 0 fully saturated rings. The van der Waals surface area contributed by atoms with Crippen LogP contribution >= 0.6 is 23.1 Å². The summed E-state index contributed by atoms with van der Waals surface area (Å²) in [6.07, 6.45) is 0. The fourth-order valence-corrected chi connectivity index (χ4v) is 2.92. The highest BCUT2D eigenvalue weighted by atomic mass is 32.2. The summed E-state index contributed by atoms with van der Waals surface area (Å²) in [7, 11) is 1.78. The van der Waals surface area contributed by atoms with E-state index in [1.165, 1.54) is 33.7 Å². The summed E-state index contributed by atoms with van der Waals surface area (Å²) in [5, 5.41) is 12.3. The largest absolute Gasteiger partial charge is 0.368 e. The molecule has 3 aromatic rings. The van der Waals surface area contributed by atoms with E-state index in [0.717, 1.165) is 0 Å². The highest BCUT2D eigenvalue weighted by molar-refractivity contribution is 7.98. The fourth-order valence-electron chi connectivity index (χ4n) is 1.47. The molecule has 0 spiro atoms. The topological polar surface area (TPSA) is 104 Å². The lowest BCUT2D eigenvalue weighted by atomic mass is 10.4. The predicted molar refractivity (Wildman–Crippen MR) is 72.1 cm³/mol. The van der Waals surface area contributed by atoms with Crippen molar-refractivity contribution in [3.63, 3.8) is 0 Å². The van der Waals surface area contributed by atoms with Gasteiger partial charge in [0.25, 0.3) is 5.56 Å². The van der Waals surface area contributed by atoms with E-state index in [1.807, 2.05) is 0 Å². The van der Waals surface area contributed by atoms with Gasteiger partial charge in [-0.2, -0.15) is 9.61 Å². The Balaban J connectivity index is 1.85. The fraction of sp³-hybridized carbons (Fsp3) is 0.222. The average molecular weight is 295 g/mol. The third-order valence-corrected chi connectivity index (χ3v) is 4.19. The van der Waals surface area contributed by atoms with Gasteiger partial charge in [0.1, 0.15) is 5.51 Å². The highest BCUT2D eigenvalue weighted by Gasteiger charge is 2.09. The third-order valence-electron chi connectivity index (χ3n) is 2.46. The summed E-state index contributed by atoms with van der Waals surface area (Å²) < 4.78 is 2.96. The van der Waals surface area contributed by atoms with E-state index >= 15 is 0 Å². The molecule has 0 bridgehead atoms. The highest BCUT2D eigenvalue weighted by Crippen LogP contribution is 2.20. The molecule has 0 saturated heterocycles. The maximum absolute atomic E-state index is 11.7. The van der Waals surface area contributed by atoms with Crippen LogP contribution in [-0.4, -0.2) is 29.4 Å². The number of anilines is 1. The first kappa shape index (κ1) is 12.1. The molecule has 3 rings (SSSR count). The van der Waals surface area contributed by atoms with Crippen molar-refractivity contribution in [3.8, 4) is 0 Å². The van der Waals surface area contributed by atoms with Gasteiger partial charge in [-0.25, -0.2) is 4.98 Å². The van der Waals surface area contributed by atoms with Gasteiger partial charge in [0.2, 0.25) is 10.9 Å². The Morgan fingerprint density at radius 1 is 1.47 bits per heavy atom. The number of nitrogens with zero attached hydrogens (tertiary/aromatic N) is 6. The lowest BCUT2D eigenvalue weighted by Gasteiger charge is -2.01. The van der Waals surface area contributed by atoms with Crippen LogP contribution in [0.15, 0.2) is 21.5 Å².